The number of amides is 2. The molecule has 0 aliphatic carbocycles. The van der Waals surface area contributed by atoms with Gasteiger partial charge in [-0.3, -0.25) is 9.59 Å². The van der Waals surface area contributed by atoms with Gasteiger partial charge in [0.1, 0.15) is 17.3 Å². The lowest BCUT2D eigenvalue weighted by Crippen LogP contribution is -2.18. The molecule has 0 fully saturated rings. The van der Waals surface area contributed by atoms with Crippen molar-refractivity contribution < 1.29 is 18.7 Å². The number of pyridine rings is 1. The van der Waals surface area contributed by atoms with Crippen LogP contribution in [0.25, 0.3) is 0 Å². The number of aryl methyl sites for hydroxylation is 1. The molecule has 1 aliphatic rings. The van der Waals surface area contributed by atoms with Gasteiger partial charge in [-0.1, -0.05) is 12.1 Å². The van der Waals surface area contributed by atoms with Crippen molar-refractivity contribution in [2.24, 2.45) is 0 Å². The van der Waals surface area contributed by atoms with Crippen molar-refractivity contribution in [3.05, 3.63) is 77.7 Å². The topological polar surface area (TPSA) is 80.3 Å². The number of fused-ring (bicyclic) bond motifs is 1. The molecule has 0 spiro atoms. The van der Waals surface area contributed by atoms with E-state index in [1.54, 1.807) is 24.3 Å². The predicted molar refractivity (Wildman–Crippen MR) is 102 cm³/mol. The Labute approximate surface area is 160 Å². The van der Waals surface area contributed by atoms with Crippen LogP contribution in [0.2, 0.25) is 0 Å². The van der Waals surface area contributed by atoms with Crippen LogP contribution in [-0.4, -0.2) is 16.8 Å². The van der Waals surface area contributed by atoms with Gasteiger partial charge < -0.3 is 15.4 Å². The maximum Gasteiger partial charge on any atom is 0.255 e. The molecule has 0 saturated heterocycles. The second-order valence-corrected chi connectivity index (χ2v) is 6.29. The average Bonchev–Trinajstić information content (AvgIpc) is 2.69. The maximum atomic E-state index is 13.4. The smallest absolute Gasteiger partial charge is 0.255 e. The van der Waals surface area contributed by atoms with Gasteiger partial charge in [0.2, 0.25) is 11.8 Å². The molecule has 0 atom stereocenters. The number of rotatable bonds is 4. The quantitative estimate of drug-likeness (QED) is 0.716. The second kappa shape index (κ2) is 7.48. The van der Waals surface area contributed by atoms with Crippen LogP contribution in [0.1, 0.15) is 22.3 Å². The van der Waals surface area contributed by atoms with Crippen LogP contribution < -0.4 is 15.4 Å². The minimum absolute atomic E-state index is 0.0365. The van der Waals surface area contributed by atoms with Crippen LogP contribution in [0.4, 0.5) is 15.8 Å². The Bertz CT molecular complexity index is 1070. The SMILES string of the molecule is O=C1CCc2ccc(Oc3ncccc3NC(=O)c3cccc(F)c3)cc2N1. The molecular formula is C21H16FN3O3. The Balaban J connectivity index is 1.56. The summed E-state index contributed by atoms with van der Waals surface area (Å²) < 4.78 is 19.2. The molecule has 140 valence electrons. The number of carbonyl (C=O) groups is 2. The van der Waals surface area contributed by atoms with Gasteiger partial charge in [-0.05, 0) is 48.4 Å². The minimum atomic E-state index is -0.494. The standard InChI is InChI=1S/C21H16FN3O3/c22-15-4-1-3-14(11-15)20(27)25-17-5-2-10-23-21(17)28-16-8-6-13-7-9-19(26)24-18(13)12-16/h1-6,8,10-12H,7,9H2,(H,24,26)(H,25,27). The Morgan fingerprint density at radius 3 is 2.86 bits per heavy atom. The molecule has 2 aromatic carbocycles. The van der Waals surface area contributed by atoms with Crippen molar-refractivity contribution in [2.75, 3.05) is 10.6 Å². The first-order valence-corrected chi connectivity index (χ1v) is 8.71. The minimum Gasteiger partial charge on any atom is -0.437 e. The molecule has 0 radical (unpaired) electrons. The molecule has 6 nitrogen and oxygen atoms in total. The maximum absolute atomic E-state index is 13.4. The molecule has 2 N–H and O–H groups in total. The highest BCUT2D eigenvalue weighted by Crippen LogP contribution is 2.32. The number of nitrogens with zero attached hydrogens (tertiary/aromatic N) is 1. The van der Waals surface area contributed by atoms with Crippen LogP contribution in [0, 0.1) is 5.82 Å². The average molecular weight is 377 g/mol. The molecular weight excluding hydrogens is 361 g/mol. The van der Waals surface area contributed by atoms with Gasteiger partial charge in [-0.25, -0.2) is 9.37 Å². The molecule has 7 heteroatoms. The van der Waals surface area contributed by atoms with Gasteiger partial charge in [-0.15, -0.1) is 0 Å². The first-order valence-electron chi connectivity index (χ1n) is 8.71. The summed E-state index contributed by atoms with van der Waals surface area (Å²) >= 11 is 0. The van der Waals surface area contributed by atoms with E-state index >= 15 is 0 Å². The van der Waals surface area contributed by atoms with Crippen molar-refractivity contribution in [3.8, 4) is 11.6 Å². The number of benzene rings is 2. The normalized spacial score (nSPS) is 12.7. The summed E-state index contributed by atoms with van der Waals surface area (Å²) in [5.74, 6) is -0.345. The first-order chi connectivity index (χ1) is 13.6. The van der Waals surface area contributed by atoms with Crippen molar-refractivity contribution >= 4 is 23.2 Å². The van der Waals surface area contributed by atoms with Gasteiger partial charge in [0.05, 0.1) is 0 Å². The van der Waals surface area contributed by atoms with E-state index in [0.717, 1.165) is 11.6 Å². The highest BCUT2D eigenvalue weighted by Gasteiger charge is 2.17. The number of aromatic nitrogens is 1. The largest absolute Gasteiger partial charge is 0.437 e. The lowest BCUT2D eigenvalue weighted by molar-refractivity contribution is -0.116. The van der Waals surface area contributed by atoms with E-state index in [2.05, 4.69) is 15.6 Å². The van der Waals surface area contributed by atoms with Crippen LogP contribution in [0.15, 0.2) is 60.8 Å². The summed E-state index contributed by atoms with van der Waals surface area (Å²) in [5.41, 5.74) is 2.27. The van der Waals surface area contributed by atoms with E-state index < -0.39 is 11.7 Å². The monoisotopic (exact) mass is 377 g/mol. The van der Waals surface area contributed by atoms with Gasteiger partial charge in [-0.2, -0.15) is 0 Å². The van der Waals surface area contributed by atoms with Gasteiger partial charge in [0.15, 0.2) is 0 Å². The molecule has 0 saturated carbocycles. The lowest BCUT2D eigenvalue weighted by Gasteiger charge is -2.18. The number of nitrogens with one attached hydrogen (secondary N) is 2. The Kier molecular flexibility index (Phi) is 4.72. The van der Waals surface area contributed by atoms with Crippen LogP contribution in [0.5, 0.6) is 11.6 Å². The summed E-state index contributed by atoms with van der Waals surface area (Å²) in [6, 6.07) is 14.1. The summed E-state index contributed by atoms with van der Waals surface area (Å²) in [7, 11) is 0. The fourth-order valence-corrected chi connectivity index (χ4v) is 2.92. The molecule has 1 aliphatic heterocycles. The van der Waals surface area contributed by atoms with Crippen molar-refractivity contribution in [2.45, 2.75) is 12.8 Å². The van der Waals surface area contributed by atoms with E-state index in [0.29, 0.717) is 30.0 Å². The molecule has 4 rings (SSSR count). The number of ether oxygens (including phenoxy) is 1. The zero-order valence-corrected chi connectivity index (χ0v) is 14.7. The van der Waals surface area contributed by atoms with Crippen molar-refractivity contribution in [3.63, 3.8) is 0 Å². The van der Waals surface area contributed by atoms with Gasteiger partial charge in [0.25, 0.3) is 5.91 Å². The third-order valence-electron chi connectivity index (χ3n) is 4.30. The van der Waals surface area contributed by atoms with Gasteiger partial charge in [0, 0.05) is 29.9 Å². The summed E-state index contributed by atoms with van der Waals surface area (Å²) in [6.07, 6.45) is 2.68. The van der Waals surface area contributed by atoms with E-state index in [-0.39, 0.29) is 17.4 Å². The van der Waals surface area contributed by atoms with Crippen LogP contribution >= 0.6 is 0 Å². The van der Waals surface area contributed by atoms with E-state index in [1.165, 1.54) is 24.4 Å². The first kappa shape index (κ1) is 17.7. The molecule has 0 bridgehead atoms. The molecule has 28 heavy (non-hydrogen) atoms. The Morgan fingerprint density at radius 2 is 2.00 bits per heavy atom. The van der Waals surface area contributed by atoms with Crippen LogP contribution in [-0.2, 0) is 11.2 Å². The summed E-state index contributed by atoms with van der Waals surface area (Å²) in [4.78, 5) is 28.1. The summed E-state index contributed by atoms with van der Waals surface area (Å²) in [6.45, 7) is 0. The Morgan fingerprint density at radius 1 is 1.11 bits per heavy atom. The number of hydrogen-bond acceptors (Lipinski definition) is 4. The number of anilines is 2. The fraction of sp³-hybridized carbons (Fsp3) is 0.0952. The third-order valence-corrected chi connectivity index (χ3v) is 4.30. The molecule has 3 aromatic rings. The molecule has 0 unspecified atom stereocenters. The van der Waals surface area contributed by atoms with Crippen LogP contribution in [0.3, 0.4) is 0 Å². The highest BCUT2D eigenvalue weighted by atomic mass is 19.1. The van der Waals surface area contributed by atoms with Crippen molar-refractivity contribution in [1.82, 2.24) is 4.98 Å². The molecule has 2 amide bonds. The van der Waals surface area contributed by atoms with Gasteiger partial charge >= 0.3 is 0 Å². The van der Waals surface area contributed by atoms with E-state index in [4.69, 9.17) is 4.74 Å². The lowest BCUT2D eigenvalue weighted by atomic mass is 10.0. The highest BCUT2D eigenvalue weighted by molar-refractivity contribution is 6.04. The van der Waals surface area contributed by atoms with E-state index in [1.807, 2.05) is 6.07 Å². The number of hydrogen-bond donors (Lipinski definition) is 2. The number of halogens is 1. The predicted octanol–water partition coefficient (Wildman–Crippen LogP) is 4.15. The molecule has 2 heterocycles. The van der Waals surface area contributed by atoms with Crippen molar-refractivity contribution in [1.29, 1.82) is 0 Å². The number of carbonyl (C=O) groups excluding carboxylic acids is 2. The zero-order chi connectivity index (χ0) is 19.5. The molecule has 1 aromatic heterocycles. The Hall–Kier alpha value is -3.74. The fourth-order valence-electron chi connectivity index (χ4n) is 2.92. The zero-order valence-electron chi connectivity index (χ0n) is 14.7. The van der Waals surface area contributed by atoms with E-state index in [9.17, 15) is 14.0 Å². The second-order valence-electron chi connectivity index (χ2n) is 6.29. The summed E-state index contributed by atoms with van der Waals surface area (Å²) in [5, 5.41) is 5.50. The third kappa shape index (κ3) is 3.83.